The molecule has 5 nitrogen and oxygen atoms in total. The summed E-state index contributed by atoms with van der Waals surface area (Å²) < 4.78 is 5.62. The fourth-order valence-electron chi connectivity index (χ4n) is 4.50. The lowest BCUT2D eigenvalue weighted by Crippen LogP contribution is -2.41. The molecule has 0 spiro atoms. The molecule has 0 N–H and O–H groups in total. The maximum Gasteiger partial charge on any atom is 0.257 e. The summed E-state index contributed by atoms with van der Waals surface area (Å²) in [5.41, 5.74) is 5.55. The van der Waals surface area contributed by atoms with Gasteiger partial charge in [0, 0.05) is 12.0 Å². The van der Waals surface area contributed by atoms with Gasteiger partial charge in [-0.25, -0.2) is 5.01 Å². The lowest BCUT2D eigenvalue weighted by Gasteiger charge is -2.31. The standard InChI is InChI=1S/C26H33N3O2/c1-18-11-13-28(14-12-18)17-26(30)29-24(22-7-5-6-8-25(22)31-4)16-23(27-29)21-10-9-19(2)20(3)15-21/h5-10,15,18,24H,11-14,16-17H2,1-4H3/t24-/m1/s1. The summed E-state index contributed by atoms with van der Waals surface area (Å²) in [6.07, 6.45) is 2.99. The molecule has 1 fully saturated rings. The van der Waals surface area contributed by atoms with Crippen molar-refractivity contribution in [2.45, 2.75) is 46.1 Å². The second kappa shape index (κ2) is 9.23. The maximum absolute atomic E-state index is 13.4. The highest BCUT2D eigenvalue weighted by molar-refractivity contribution is 6.03. The van der Waals surface area contributed by atoms with Crippen molar-refractivity contribution in [3.63, 3.8) is 0 Å². The first kappa shape index (κ1) is 21.6. The summed E-state index contributed by atoms with van der Waals surface area (Å²) in [7, 11) is 1.68. The SMILES string of the molecule is COc1ccccc1[C@H]1CC(c2ccc(C)c(C)c2)=NN1C(=O)CN1CCC(C)CC1. The number of para-hydroxylation sites is 1. The molecule has 1 saturated heterocycles. The van der Waals surface area contributed by atoms with E-state index in [2.05, 4.69) is 43.9 Å². The van der Waals surface area contributed by atoms with Crippen molar-refractivity contribution in [2.24, 2.45) is 11.0 Å². The highest BCUT2D eigenvalue weighted by atomic mass is 16.5. The van der Waals surface area contributed by atoms with Crippen LogP contribution in [-0.2, 0) is 4.79 Å². The van der Waals surface area contributed by atoms with Crippen LogP contribution in [0.25, 0.3) is 0 Å². The Morgan fingerprint density at radius 3 is 2.55 bits per heavy atom. The largest absolute Gasteiger partial charge is 0.496 e. The van der Waals surface area contributed by atoms with Crippen LogP contribution in [0.4, 0.5) is 0 Å². The molecule has 0 unspecified atom stereocenters. The number of benzene rings is 2. The fraction of sp³-hybridized carbons (Fsp3) is 0.462. The zero-order chi connectivity index (χ0) is 22.0. The number of amides is 1. The number of ether oxygens (including phenoxy) is 1. The van der Waals surface area contributed by atoms with Crippen LogP contribution >= 0.6 is 0 Å². The van der Waals surface area contributed by atoms with Crippen LogP contribution in [0.15, 0.2) is 47.6 Å². The van der Waals surface area contributed by atoms with E-state index in [0.29, 0.717) is 13.0 Å². The zero-order valence-electron chi connectivity index (χ0n) is 19.1. The van der Waals surface area contributed by atoms with Gasteiger partial charge in [-0.05, 0) is 74.5 Å². The Morgan fingerprint density at radius 1 is 1.10 bits per heavy atom. The van der Waals surface area contributed by atoms with Gasteiger partial charge >= 0.3 is 0 Å². The third kappa shape index (κ3) is 4.67. The molecule has 2 heterocycles. The molecule has 0 bridgehead atoms. The lowest BCUT2D eigenvalue weighted by atomic mass is 9.96. The first-order chi connectivity index (χ1) is 15.0. The van der Waals surface area contributed by atoms with Gasteiger partial charge in [0.2, 0.25) is 0 Å². The number of aryl methyl sites for hydroxylation is 2. The Kier molecular flexibility index (Phi) is 6.42. The predicted octanol–water partition coefficient (Wildman–Crippen LogP) is 4.72. The normalized spacial score (nSPS) is 20.1. The Bertz CT molecular complexity index is 976. The monoisotopic (exact) mass is 419 g/mol. The molecule has 2 aliphatic heterocycles. The van der Waals surface area contributed by atoms with Crippen molar-refractivity contribution < 1.29 is 9.53 Å². The first-order valence-corrected chi connectivity index (χ1v) is 11.3. The molecule has 2 aliphatic rings. The number of carbonyl (C=O) groups is 1. The number of likely N-dealkylation sites (tertiary alicyclic amines) is 1. The molecular weight excluding hydrogens is 386 g/mol. The van der Waals surface area contributed by atoms with Gasteiger partial charge in [0.1, 0.15) is 5.75 Å². The predicted molar refractivity (Wildman–Crippen MR) is 124 cm³/mol. The summed E-state index contributed by atoms with van der Waals surface area (Å²) in [6, 6.07) is 14.2. The Labute approximate surface area is 185 Å². The molecule has 1 amide bonds. The molecule has 1 atom stereocenters. The first-order valence-electron chi connectivity index (χ1n) is 11.3. The minimum Gasteiger partial charge on any atom is -0.496 e. The second-order valence-corrected chi connectivity index (χ2v) is 9.00. The topological polar surface area (TPSA) is 45.1 Å². The Balaban J connectivity index is 1.63. The van der Waals surface area contributed by atoms with Crippen LogP contribution < -0.4 is 4.74 Å². The lowest BCUT2D eigenvalue weighted by molar-refractivity contribution is -0.134. The zero-order valence-corrected chi connectivity index (χ0v) is 19.1. The number of methoxy groups -OCH3 is 1. The molecule has 2 aromatic carbocycles. The van der Waals surface area contributed by atoms with E-state index in [1.54, 1.807) is 12.1 Å². The number of carbonyl (C=O) groups excluding carboxylic acids is 1. The summed E-state index contributed by atoms with van der Waals surface area (Å²) in [6.45, 7) is 8.90. The number of piperidine rings is 1. The quantitative estimate of drug-likeness (QED) is 0.704. The van der Waals surface area contributed by atoms with E-state index in [1.165, 1.54) is 11.1 Å². The van der Waals surface area contributed by atoms with E-state index in [4.69, 9.17) is 9.84 Å². The highest BCUT2D eigenvalue weighted by Crippen LogP contribution is 2.37. The summed E-state index contributed by atoms with van der Waals surface area (Å²) >= 11 is 0. The second-order valence-electron chi connectivity index (χ2n) is 9.00. The van der Waals surface area contributed by atoms with E-state index in [1.807, 2.05) is 24.3 Å². The van der Waals surface area contributed by atoms with Gasteiger partial charge in [-0.15, -0.1) is 0 Å². The number of rotatable bonds is 5. The smallest absolute Gasteiger partial charge is 0.257 e. The Hall–Kier alpha value is -2.66. The molecule has 164 valence electrons. The Morgan fingerprint density at radius 2 is 1.84 bits per heavy atom. The van der Waals surface area contributed by atoms with E-state index in [9.17, 15) is 4.79 Å². The van der Waals surface area contributed by atoms with Gasteiger partial charge in [-0.2, -0.15) is 5.10 Å². The number of hydrogen-bond donors (Lipinski definition) is 0. The molecule has 5 heteroatoms. The van der Waals surface area contributed by atoms with Crippen molar-refractivity contribution in [3.8, 4) is 5.75 Å². The molecule has 4 rings (SSSR count). The molecule has 0 radical (unpaired) electrons. The van der Waals surface area contributed by atoms with Crippen LogP contribution in [0.5, 0.6) is 5.75 Å². The molecule has 0 aliphatic carbocycles. The van der Waals surface area contributed by atoms with Crippen LogP contribution in [0.3, 0.4) is 0 Å². The van der Waals surface area contributed by atoms with Gasteiger partial charge in [0.05, 0.1) is 25.4 Å². The van der Waals surface area contributed by atoms with E-state index >= 15 is 0 Å². The average molecular weight is 420 g/mol. The van der Waals surface area contributed by atoms with Crippen molar-refractivity contribution in [2.75, 3.05) is 26.7 Å². The van der Waals surface area contributed by atoms with Gasteiger partial charge in [0.15, 0.2) is 0 Å². The van der Waals surface area contributed by atoms with Crippen molar-refractivity contribution >= 4 is 11.6 Å². The van der Waals surface area contributed by atoms with E-state index < -0.39 is 0 Å². The van der Waals surface area contributed by atoms with Crippen molar-refractivity contribution in [1.82, 2.24) is 9.91 Å². The highest BCUT2D eigenvalue weighted by Gasteiger charge is 2.35. The molecule has 0 aromatic heterocycles. The minimum absolute atomic E-state index is 0.0595. The van der Waals surface area contributed by atoms with E-state index in [-0.39, 0.29) is 11.9 Å². The number of hydrogen-bond acceptors (Lipinski definition) is 4. The van der Waals surface area contributed by atoms with Crippen molar-refractivity contribution in [1.29, 1.82) is 0 Å². The third-order valence-corrected chi connectivity index (χ3v) is 6.74. The van der Waals surface area contributed by atoms with Gasteiger partial charge in [0.25, 0.3) is 5.91 Å². The summed E-state index contributed by atoms with van der Waals surface area (Å²) in [4.78, 5) is 15.7. The van der Waals surface area contributed by atoms with Crippen molar-refractivity contribution in [3.05, 3.63) is 64.7 Å². The fourth-order valence-corrected chi connectivity index (χ4v) is 4.50. The molecule has 31 heavy (non-hydrogen) atoms. The maximum atomic E-state index is 13.4. The minimum atomic E-state index is -0.149. The molecule has 2 aromatic rings. The third-order valence-electron chi connectivity index (χ3n) is 6.74. The summed E-state index contributed by atoms with van der Waals surface area (Å²) in [5, 5.41) is 6.57. The molecular formula is C26H33N3O2. The average Bonchev–Trinajstić information content (AvgIpc) is 3.22. The number of nitrogens with zero attached hydrogens (tertiary/aromatic N) is 3. The van der Waals surface area contributed by atoms with Gasteiger partial charge in [-0.3, -0.25) is 9.69 Å². The molecule has 0 saturated carbocycles. The van der Waals surface area contributed by atoms with Crippen LogP contribution in [0.2, 0.25) is 0 Å². The van der Waals surface area contributed by atoms with Crippen LogP contribution in [0, 0.1) is 19.8 Å². The summed E-state index contributed by atoms with van der Waals surface area (Å²) in [5.74, 6) is 1.60. The van der Waals surface area contributed by atoms with Gasteiger partial charge < -0.3 is 4.74 Å². The van der Waals surface area contributed by atoms with Crippen LogP contribution in [-0.4, -0.2) is 48.3 Å². The van der Waals surface area contributed by atoms with Crippen LogP contribution in [0.1, 0.15) is 54.5 Å². The van der Waals surface area contributed by atoms with Gasteiger partial charge in [-0.1, -0.05) is 37.3 Å². The van der Waals surface area contributed by atoms with E-state index in [0.717, 1.165) is 54.4 Å². The number of hydrazone groups is 1.